The normalized spacial score (nSPS) is 14.4. The summed E-state index contributed by atoms with van der Waals surface area (Å²) in [5, 5.41) is 1.26. The molecule has 2 heterocycles. The minimum Gasteiger partial charge on any atom is -0.373 e. The van der Waals surface area contributed by atoms with Crippen molar-refractivity contribution in [1.82, 2.24) is 14.5 Å². The van der Waals surface area contributed by atoms with E-state index in [1.54, 1.807) is 6.20 Å². The lowest BCUT2D eigenvalue weighted by Crippen LogP contribution is -2.37. The molecule has 1 N–H and O–H groups in total. The fourth-order valence-electron chi connectivity index (χ4n) is 2.89. The van der Waals surface area contributed by atoms with Crippen molar-refractivity contribution in [3.05, 3.63) is 54.7 Å². The molecule has 0 fully saturated rings. The summed E-state index contributed by atoms with van der Waals surface area (Å²) >= 11 is 0. The van der Waals surface area contributed by atoms with E-state index in [-0.39, 0.29) is 5.60 Å². The Morgan fingerprint density at radius 2 is 2.14 bits per heavy atom. The second-order valence-electron chi connectivity index (χ2n) is 5.60. The van der Waals surface area contributed by atoms with E-state index in [1.165, 1.54) is 10.9 Å². The number of fused-ring (bicyclic) bond motifs is 1. The molecule has 0 bridgehead atoms. The first-order valence-electron chi connectivity index (χ1n) is 7.36. The predicted molar refractivity (Wildman–Crippen MR) is 84.3 cm³/mol. The summed E-state index contributed by atoms with van der Waals surface area (Å²) in [6.07, 6.45) is 6.53. The van der Waals surface area contributed by atoms with Crippen LogP contribution in [0.2, 0.25) is 0 Å². The van der Waals surface area contributed by atoms with Crippen LogP contribution < -0.4 is 0 Å². The molecule has 0 aliphatic rings. The van der Waals surface area contributed by atoms with Crippen LogP contribution in [0.25, 0.3) is 10.9 Å². The summed E-state index contributed by atoms with van der Waals surface area (Å²) in [5.74, 6) is 0.961. The number of imidazole rings is 1. The molecule has 110 valence electrons. The van der Waals surface area contributed by atoms with Gasteiger partial charge in [-0.25, -0.2) is 4.98 Å². The van der Waals surface area contributed by atoms with Crippen molar-refractivity contribution < 1.29 is 4.74 Å². The molecule has 2 aromatic heterocycles. The van der Waals surface area contributed by atoms with Crippen molar-refractivity contribution in [1.29, 1.82) is 0 Å². The van der Waals surface area contributed by atoms with Crippen LogP contribution in [-0.2, 0) is 17.7 Å². The fourth-order valence-corrected chi connectivity index (χ4v) is 2.89. The Morgan fingerprint density at radius 3 is 2.90 bits per heavy atom. The molecular weight excluding hydrogens is 262 g/mol. The molecule has 0 aliphatic carbocycles. The highest BCUT2D eigenvalue weighted by molar-refractivity contribution is 5.79. The van der Waals surface area contributed by atoms with Gasteiger partial charge in [-0.1, -0.05) is 18.2 Å². The average molecular weight is 283 g/mol. The Kier molecular flexibility index (Phi) is 3.80. The molecule has 3 rings (SSSR count). The Bertz CT molecular complexity index is 702. The third kappa shape index (κ3) is 3.00. The van der Waals surface area contributed by atoms with Gasteiger partial charge in [-0.3, -0.25) is 0 Å². The Morgan fingerprint density at radius 1 is 1.29 bits per heavy atom. The number of para-hydroxylation sites is 1. The van der Waals surface area contributed by atoms with Gasteiger partial charge in [0, 0.05) is 37.1 Å². The summed E-state index contributed by atoms with van der Waals surface area (Å²) < 4.78 is 8.30. The van der Waals surface area contributed by atoms with E-state index >= 15 is 0 Å². The topological polar surface area (TPSA) is 42.8 Å². The van der Waals surface area contributed by atoms with Crippen molar-refractivity contribution in [2.45, 2.75) is 32.4 Å². The minimum atomic E-state index is -0.283. The standard InChI is InChI=1S/C17H21N3O/c1-3-21-17(2,12-16-18-9-10-19-16)13-20-11-8-14-6-4-5-7-15(14)20/h4-11H,3,12-13H2,1-2H3,(H,18,19). The number of aromatic nitrogens is 3. The number of hydrogen-bond acceptors (Lipinski definition) is 2. The molecule has 0 radical (unpaired) electrons. The van der Waals surface area contributed by atoms with Gasteiger partial charge in [-0.2, -0.15) is 0 Å². The van der Waals surface area contributed by atoms with Crippen LogP contribution >= 0.6 is 0 Å². The molecule has 21 heavy (non-hydrogen) atoms. The third-order valence-electron chi connectivity index (χ3n) is 3.77. The van der Waals surface area contributed by atoms with E-state index in [1.807, 2.05) is 13.1 Å². The Balaban J connectivity index is 1.87. The van der Waals surface area contributed by atoms with Crippen LogP contribution in [0.15, 0.2) is 48.9 Å². The second-order valence-corrected chi connectivity index (χ2v) is 5.60. The molecule has 1 unspecified atom stereocenters. The number of aromatic amines is 1. The lowest BCUT2D eigenvalue weighted by molar-refractivity contribution is -0.0372. The summed E-state index contributed by atoms with van der Waals surface area (Å²) in [6.45, 7) is 5.67. The van der Waals surface area contributed by atoms with Gasteiger partial charge in [0.25, 0.3) is 0 Å². The summed E-state index contributed by atoms with van der Waals surface area (Å²) in [4.78, 5) is 7.50. The van der Waals surface area contributed by atoms with E-state index < -0.39 is 0 Å². The number of nitrogens with zero attached hydrogens (tertiary/aromatic N) is 2. The first-order chi connectivity index (χ1) is 10.2. The van der Waals surface area contributed by atoms with Gasteiger partial charge < -0.3 is 14.3 Å². The van der Waals surface area contributed by atoms with Gasteiger partial charge in [-0.05, 0) is 31.4 Å². The van der Waals surface area contributed by atoms with Crippen molar-refractivity contribution in [2.75, 3.05) is 6.61 Å². The first-order valence-corrected chi connectivity index (χ1v) is 7.36. The van der Waals surface area contributed by atoms with Crippen LogP contribution in [0, 0.1) is 0 Å². The maximum Gasteiger partial charge on any atom is 0.108 e. The maximum absolute atomic E-state index is 6.04. The largest absolute Gasteiger partial charge is 0.373 e. The van der Waals surface area contributed by atoms with Gasteiger partial charge in [-0.15, -0.1) is 0 Å². The van der Waals surface area contributed by atoms with E-state index in [0.29, 0.717) is 6.61 Å². The van der Waals surface area contributed by atoms with Crippen LogP contribution in [-0.4, -0.2) is 26.7 Å². The number of benzene rings is 1. The monoisotopic (exact) mass is 283 g/mol. The minimum absolute atomic E-state index is 0.283. The van der Waals surface area contributed by atoms with E-state index in [2.05, 4.69) is 58.0 Å². The lowest BCUT2D eigenvalue weighted by atomic mass is 10.0. The van der Waals surface area contributed by atoms with Crippen LogP contribution in [0.4, 0.5) is 0 Å². The smallest absolute Gasteiger partial charge is 0.108 e. The Labute approximate surface area is 124 Å². The van der Waals surface area contributed by atoms with Gasteiger partial charge >= 0.3 is 0 Å². The first kappa shape index (κ1) is 13.9. The zero-order valence-electron chi connectivity index (χ0n) is 12.5. The quantitative estimate of drug-likeness (QED) is 0.753. The summed E-state index contributed by atoms with van der Waals surface area (Å²) in [7, 11) is 0. The van der Waals surface area contributed by atoms with Gasteiger partial charge in [0.05, 0.1) is 12.1 Å². The SMILES string of the molecule is CCOC(C)(Cc1ncc[nH]1)Cn1ccc2ccccc21. The molecule has 4 nitrogen and oxygen atoms in total. The van der Waals surface area contributed by atoms with E-state index in [9.17, 15) is 0 Å². The molecule has 1 aromatic carbocycles. The number of H-pyrrole nitrogens is 1. The van der Waals surface area contributed by atoms with Crippen LogP contribution in [0.5, 0.6) is 0 Å². The predicted octanol–water partition coefficient (Wildman–Crippen LogP) is 3.40. The molecule has 0 spiro atoms. The molecule has 0 saturated carbocycles. The zero-order chi connectivity index (χ0) is 14.7. The van der Waals surface area contributed by atoms with Crippen molar-refractivity contribution in [3.63, 3.8) is 0 Å². The highest BCUT2D eigenvalue weighted by Crippen LogP contribution is 2.23. The van der Waals surface area contributed by atoms with Gasteiger partial charge in [0.15, 0.2) is 0 Å². The number of nitrogens with one attached hydrogen (secondary N) is 1. The van der Waals surface area contributed by atoms with Gasteiger partial charge in [0.2, 0.25) is 0 Å². The molecule has 1 atom stereocenters. The summed E-state index contributed by atoms with van der Waals surface area (Å²) in [6, 6.07) is 10.6. The average Bonchev–Trinajstić information content (AvgIpc) is 3.09. The maximum atomic E-state index is 6.04. The van der Waals surface area contributed by atoms with Gasteiger partial charge in [0.1, 0.15) is 5.82 Å². The highest BCUT2D eigenvalue weighted by atomic mass is 16.5. The number of hydrogen-bond donors (Lipinski definition) is 1. The number of rotatable bonds is 6. The highest BCUT2D eigenvalue weighted by Gasteiger charge is 2.27. The molecular formula is C17H21N3O. The molecule has 0 aliphatic heterocycles. The molecule has 3 aromatic rings. The number of ether oxygens (including phenoxy) is 1. The van der Waals surface area contributed by atoms with E-state index in [0.717, 1.165) is 18.8 Å². The van der Waals surface area contributed by atoms with Crippen molar-refractivity contribution in [2.24, 2.45) is 0 Å². The molecule has 0 saturated heterocycles. The van der Waals surface area contributed by atoms with Crippen molar-refractivity contribution >= 4 is 10.9 Å². The lowest BCUT2D eigenvalue weighted by Gasteiger charge is -2.29. The third-order valence-corrected chi connectivity index (χ3v) is 3.77. The zero-order valence-corrected chi connectivity index (χ0v) is 12.5. The summed E-state index contributed by atoms with van der Waals surface area (Å²) in [5.41, 5.74) is 0.955. The van der Waals surface area contributed by atoms with Crippen molar-refractivity contribution in [3.8, 4) is 0 Å². The van der Waals surface area contributed by atoms with Crippen LogP contribution in [0.1, 0.15) is 19.7 Å². The molecule has 4 heteroatoms. The second kappa shape index (κ2) is 5.74. The van der Waals surface area contributed by atoms with Crippen LogP contribution in [0.3, 0.4) is 0 Å². The molecule has 0 amide bonds. The van der Waals surface area contributed by atoms with E-state index in [4.69, 9.17) is 4.74 Å². The Hall–Kier alpha value is -2.07. The fraction of sp³-hybridized carbons (Fsp3) is 0.353.